The van der Waals surface area contributed by atoms with E-state index in [0.717, 1.165) is 12.0 Å². The summed E-state index contributed by atoms with van der Waals surface area (Å²) in [5.74, 6) is 6.11. The Labute approximate surface area is 188 Å². The standard InChI is InChI=1S/C29H36O2/c1-6-7-8-9-22(13-10-21-11-14-23(15-12-21)27(30)31)24-16-17-25-26(20-24)29(4,5)19-18-28(25,2)3/h11-12,14-17,20,22H,6-9,18-19H2,1-5H3,(H,30,31). The summed E-state index contributed by atoms with van der Waals surface area (Å²) in [7, 11) is 0. The maximum atomic E-state index is 11.1. The highest BCUT2D eigenvalue weighted by molar-refractivity contribution is 5.87. The van der Waals surface area contributed by atoms with Gasteiger partial charge >= 0.3 is 5.97 Å². The Morgan fingerprint density at radius 3 is 2.23 bits per heavy atom. The highest BCUT2D eigenvalue weighted by Crippen LogP contribution is 2.46. The van der Waals surface area contributed by atoms with Crippen molar-refractivity contribution >= 4 is 5.97 Å². The Kier molecular flexibility index (Phi) is 6.95. The van der Waals surface area contributed by atoms with Crippen molar-refractivity contribution in [1.82, 2.24) is 0 Å². The van der Waals surface area contributed by atoms with Crippen molar-refractivity contribution in [2.24, 2.45) is 0 Å². The Balaban J connectivity index is 1.95. The van der Waals surface area contributed by atoms with Gasteiger partial charge in [-0.25, -0.2) is 4.79 Å². The van der Waals surface area contributed by atoms with E-state index in [0.29, 0.717) is 5.56 Å². The van der Waals surface area contributed by atoms with E-state index in [4.69, 9.17) is 5.11 Å². The molecule has 1 unspecified atom stereocenters. The van der Waals surface area contributed by atoms with Crippen LogP contribution >= 0.6 is 0 Å². The summed E-state index contributed by atoms with van der Waals surface area (Å²) in [6.07, 6.45) is 7.06. The predicted molar refractivity (Wildman–Crippen MR) is 129 cm³/mol. The number of fused-ring (bicyclic) bond motifs is 1. The molecule has 0 spiro atoms. The van der Waals surface area contributed by atoms with Crippen LogP contribution in [0.15, 0.2) is 42.5 Å². The second kappa shape index (κ2) is 9.31. The van der Waals surface area contributed by atoms with Crippen LogP contribution in [0, 0.1) is 11.8 Å². The average molecular weight is 417 g/mol. The van der Waals surface area contributed by atoms with Crippen molar-refractivity contribution in [3.63, 3.8) is 0 Å². The summed E-state index contributed by atoms with van der Waals surface area (Å²) >= 11 is 0. The van der Waals surface area contributed by atoms with Gasteiger partial charge in [0, 0.05) is 11.5 Å². The van der Waals surface area contributed by atoms with Crippen molar-refractivity contribution in [3.05, 3.63) is 70.3 Å². The molecule has 0 saturated heterocycles. The zero-order valence-corrected chi connectivity index (χ0v) is 19.7. The molecule has 2 nitrogen and oxygen atoms in total. The van der Waals surface area contributed by atoms with E-state index in [9.17, 15) is 4.79 Å². The zero-order valence-electron chi connectivity index (χ0n) is 19.7. The molecule has 1 aliphatic rings. The predicted octanol–water partition coefficient (Wildman–Crippen LogP) is 7.45. The van der Waals surface area contributed by atoms with Gasteiger partial charge in [0.25, 0.3) is 0 Å². The number of aromatic carboxylic acids is 1. The number of carboxylic acids is 1. The van der Waals surface area contributed by atoms with E-state index in [1.54, 1.807) is 24.3 Å². The highest BCUT2D eigenvalue weighted by Gasteiger charge is 2.37. The summed E-state index contributed by atoms with van der Waals surface area (Å²) in [6.45, 7) is 11.7. The van der Waals surface area contributed by atoms with Gasteiger partial charge in [0.2, 0.25) is 0 Å². The van der Waals surface area contributed by atoms with Crippen molar-refractivity contribution in [2.45, 2.75) is 89.9 Å². The fraction of sp³-hybridized carbons (Fsp3) is 0.483. The number of hydrogen-bond donors (Lipinski definition) is 1. The molecule has 2 aromatic rings. The maximum absolute atomic E-state index is 11.1. The van der Waals surface area contributed by atoms with E-state index < -0.39 is 5.97 Å². The van der Waals surface area contributed by atoms with Crippen molar-refractivity contribution in [1.29, 1.82) is 0 Å². The van der Waals surface area contributed by atoms with E-state index in [1.165, 1.54) is 48.8 Å². The number of rotatable bonds is 6. The summed E-state index contributed by atoms with van der Waals surface area (Å²) in [5.41, 5.74) is 5.85. The normalized spacial score (nSPS) is 17.2. The van der Waals surface area contributed by atoms with Gasteiger partial charge in [0.05, 0.1) is 5.56 Å². The molecular weight excluding hydrogens is 380 g/mol. The lowest BCUT2D eigenvalue weighted by Gasteiger charge is -2.42. The number of carboxylic acid groups (broad SMARTS) is 1. The fourth-order valence-corrected chi connectivity index (χ4v) is 4.61. The Hall–Kier alpha value is -2.53. The number of carbonyl (C=O) groups is 1. The molecule has 0 radical (unpaired) electrons. The Morgan fingerprint density at radius 1 is 0.968 bits per heavy atom. The van der Waals surface area contributed by atoms with Crippen LogP contribution < -0.4 is 0 Å². The summed E-state index contributed by atoms with van der Waals surface area (Å²) in [4.78, 5) is 11.1. The van der Waals surface area contributed by atoms with Crippen molar-refractivity contribution in [3.8, 4) is 11.8 Å². The molecule has 1 N–H and O–H groups in total. The largest absolute Gasteiger partial charge is 0.478 e. The molecule has 164 valence electrons. The second-order valence-electron chi connectivity index (χ2n) is 10.3. The molecule has 0 saturated carbocycles. The Bertz CT molecular complexity index is 984. The molecule has 2 aromatic carbocycles. The number of hydrogen-bond acceptors (Lipinski definition) is 1. The smallest absolute Gasteiger partial charge is 0.335 e. The van der Waals surface area contributed by atoms with Crippen LogP contribution in [0.25, 0.3) is 0 Å². The van der Waals surface area contributed by atoms with Gasteiger partial charge < -0.3 is 5.11 Å². The van der Waals surface area contributed by atoms with Crippen molar-refractivity contribution in [2.75, 3.05) is 0 Å². The topological polar surface area (TPSA) is 37.3 Å². The molecule has 0 aromatic heterocycles. The van der Waals surface area contributed by atoms with Gasteiger partial charge in [-0.3, -0.25) is 0 Å². The number of benzene rings is 2. The van der Waals surface area contributed by atoms with Gasteiger partial charge in [-0.1, -0.05) is 83.9 Å². The molecule has 0 heterocycles. The third-order valence-corrected chi connectivity index (χ3v) is 6.90. The summed E-state index contributed by atoms with van der Waals surface area (Å²) in [5, 5.41) is 9.10. The first-order valence-corrected chi connectivity index (χ1v) is 11.6. The van der Waals surface area contributed by atoms with Crippen LogP contribution in [0.4, 0.5) is 0 Å². The molecule has 0 fully saturated rings. The fourth-order valence-electron chi connectivity index (χ4n) is 4.61. The lowest BCUT2D eigenvalue weighted by atomic mass is 9.62. The quantitative estimate of drug-likeness (QED) is 0.392. The lowest BCUT2D eigenvalue weighted by Crippen LogP contribution is -2.34. The van der Waals surface area contributed by atoms with E-state index in [-0.39, 0.29) is 16.7 Å². The van der Waals surface area contributed by atoms with Crippen LogP contribution in [0.2, 0.25) is 0 Å². The first-order valence-electron chi connectivity index (χ1n) is 11.6. The van der Waals surface area contributed by atoms with Crippen LogP contribution in [0.5, 0.6) is 0 Å². The number of unbranched alkanes of at least 4 members (excludes halogenated alkanes) is 2. The van der Waals surface area contributed by atoms with Crippen LogP contribution in [-0.4, -0.2) is 11.1 Å². The van der Waals surface area contributed by atoms with Gasteiger partial charge in [-0.05, 0) is 71.0 Å². The molecule has 2 heteroatoms. The molecule has 3 rings (SSSR count). The van der Waals surface area contributed by atoms with Crippen LogP contribution in [-0.2, 0) is 10.8 Å². The first kappa shape index (κ1) is 23.1. The molecule has 31 heavy (non-hydrogen) atoms. The van der Waals surface area contributed by atoms with E-state index in [1.807, 2.05) is 0 Å². The molecule has 1 aliphatic carbocycles. The lowest BCUT2D eigenvalue weighted by molar-refractivity contribution is 0.0697. The minimum atomic E-state index is -0.906. The van der Waals surface area contributed by atoms with Gasteiger partial charge in [0.15, 0.2) is 0 Å². The molecule has 0 aliphatic heterocycles. The summed E-state index contributed by atoms with van der Waals surface area (Å²) < 4.78 is 0. The third kappa shape index (κ3) is 5.40. The third-order valence-electron chi connectivity index (χ3n) is 6.90. The van der Waals surface area contributed by atoms with E-state index >= 15 is 0 Å². The Morgan fingerprint density at radius 2 is 1.61 bits per heavy atom. The average Bonchev–Trinajstić information content (AvgIpc) is 2.74. The maximum Gasteiger partial charge on any atom is 0.335 e. The SMILES string of the molecule is CCCCCC(C#Cc1ccc(C(=O)O)cc1)c1ccc2c(c1)C(C)(C)CCC2(C)C. The first-order chi connectivity index (χ1) is 14.6. The van der Waals surface area contributed by atoms with Crippen molar-refractivity contribution < 1.29 is 9.90 Å². The molecular formula is C29H36O2. The minimum absolute atomic E-state index is 0.189. The monoisotopic (exact) mass is 416 g/mol. The van der Waals surface area contributed by atoms with Crippen LogP contribution in [0.1, 0.15) is 112 Å². The second-order valence-corrected chi connectivity index (χ2v) is 10.3. The highest BCUT2D eigenvalue weighted by atomic mass is 16.4. The minimum Gasteiger partial charge on any atom is -0.478 e. The van der Waals surface area contributed by atoms with Gasteiger partial charge in [0.1, 0.15) is 0 Å². The summed E-state index contributed by atoms with van der Waals surface area (Å²) in [6, 6.07) is 13.9. The molecule has 1 atom stereocenters. The van der Waals surface area contributed by atoms with Gasteiger partial charge in [-0.2, -0.15) is 0 Å². The van der Waals surface area contributed by atoms with E-state index in [2.05, 4.69) is 64.7 Å². The zero-order chi connectivity index (χ0) is 22.6. The van der Waals surface area contributed by atoms with Crippen LogP contribution in [0.3, 0.4) is 0 Å². The van der Waals surface area contributed by atoms with Gasteiger partial charge in [-0.15, -0.1) is 0 Å². The molecule has 0 amide bonds. The molecule has 0 bridgehead atoms.